The number of thioether (sulfide) groups is 1. The number of nitrogens with zero attached hydrogens (tertiary/aromatic N) is 3. The summed E-state index contributed by atoms with van der Waals surface area (Å²) in [7, 11) is 2.95. The van der Waals surface area contributed by atoms with Gasteiger partial charge in [0.05, 0.1) is 32.0 Å². The summed E-state index contributed by atoms with van der Waals surface area (Å²) in [6.45, 7) is -0.0829. The van der Waals surface area contributed by atoms with Crippen LogP contribution in [0.25, 0.3) is 5.69 Å². The second kappa shape index (κ2) is 11.9. The SMILES string of the molecule is COc1cc(OC)cc(C(=O)NCc2nnc(SCc3ccc(Br)cc3)n2-c2cccc(C(F)(F)F)c2)c1. The van der Waals surface area contributed by atoms with E-state index in [0.29, 0.717) is 22.4 Å². The van der Waals surface area contributed by atoms with E-state index >= 15 is 0 Å². The van der Waals surface area contributed by atoms with E-state index in [9.17, 15) is 18.0 Å². The zero-order chi connectivity index (χ0) is 27.3. The van der Waals surface area contributed by atoms with Gasteiger partial charge in [-0.25, -0.2) is 0 Å². The number of carbonyl (C=O) groups is 1. The van der Waals surface area contributed by atoms with Crippen molar-refractivity contribution in [3.05, 3.63) is 93.7 Å². The van der Waals surface area contributed by atoms with Gasteiger partial charge in [-0.05, 0) is 48.0 Å². The van der Waals surface area contributed by atoms with Crippen molar-refractivity contribution in [3.63, 3.8) is 0 Å². The molecule has 0 atom stereocenters. The number of hydrogen-bond acceptors (Lipinski definition) is 6. The molecule has 4 rings (SSSR count). The average Bonchev–Trinajstić information content (AvgIpc) is 3.33. The number of halogens is 4. The fourth-order valence-corrected chi connectivity index (χ4v) is 4.71. The Morgan fingerprint density at radius 3 is 2.32 bits per heavy atom. The van der Waals surface area contributed by atoms with Gasteiger partial charge in [-0.3, -0.25) is 9.36 Å². The summed E-state index contributed by atoms with van der Waals surface area (Å²) in [6.07, 6.45) is -4.52. The molecular formula is C26H22BrF3N4O3S. The Morgan fingerprint density at radius 1 is 1.00 bits per heavy atom. The van der Waals surface area contributed by atoms with E-state index in [1.165, 1.54) is 36.6 Å². The lowest BCUT2D eigenvalue weighted by atomic mass is 10.2. The van der Waals surface area contributed by atoms with Gasteiger partial charge in [0, 0.05) is 21.9 Å². The van der Waals surface area contributed by atoms with Gasteiger partial charge in [0.1, 0.15) is 11.5 Å². The molecule has 1 heterocycles. The van der Waals surface area contributed by atoms with Gasteiger partial charge in [-0.15, -0.1) is 10.2 Å². The number of nitrogens with one attached hydrogen (secondary N) is 1. The molecule has 0 spiro atoms. The molecule has 0 bridgehead atoms. The van der Waals surface area contributed by atoms with Crippen LogP contribution in [-0.2, 0) is 18.5 Å². The Morgan fingerprint density at radius 2 is 1.68 bits per heavy atom. The third-order valence-corrected chi connectivity index (χ3v) is 6.96. The molecule has 1 aromatic heterocycles. The van der Waals surface area contributed by atoms with Crippen molar-refractivity contribution >= 4 is 33.6 Å². The highest BCUT2D eigenvalue weighted by Crippen LogP contribution is 2.32. The van der Waals surface area contributed by atoms with Crippen LogP contribution in [-0.4, -0.2) is 34.9 Å². The Hall–Kier alpha value is -3.51. The monoisotopic (exact) mass is 606 g/mol. The molecule has 198 valence electrons. The van der Waals surface area contributed by atoms with Crippen LogP contribution in [0.2, 0.25) is 0 Å². The predicted molar refractivity (Wildman–Crippen MR) is 141 cm³/mol. The van der Waals surface area contributed by atoms with Crippen molar-refractivity contribution in [3.8, 4) is 17.2 Å². The molecule has 0 saturated carbocycles. The molecule has 7 nitrogen and oxygen atoms in total. The van der Waals surface area contributed by atoms with Crippen LogP contribution in [0.5, 0.6) is 11.5 Å². The number of ether oxygens (including phenoxy) is 2. The summed E-state index contributed by atoms with van der Waals surface area (Å²) in [5, 5.41) is 11.5. The summed E-state index contributed by atoms with van der Waals surface area (Å²) in [5.41, 5.74) is 0.719. The van der Waals surface area contributed by atoms with E-state index in [1.807, 2.05) is 24.3 Å². The zero-order valence-electron chi connectivity index (χ0n) is 20.3. The lowest BCUT2D eigenvalue weighted by Crippen LogP contribution is -2.24. The maximum atomic E-state index is 13.5. The fraction of sp³-hybridized carbons (Fsp3) is 0.192. The number of carbonyl (C=O) groups excluding carboxylic acids is 1. The lowest BCUT2D eigenvalue weighted by Gasteiger charge is -2.14. The van der Waals surface area contributed by atoms with E-state index in [-0.39, 0.29) is 23.6 Å². The van der Waals surface area contributed by atoms with E-state index in [4.69, 9.17) is 9.47 Å². The number of hydrogen-bond donors (Lipinski definition) is 1. The molecule has 0 saturated heterocycles. The topological polar surface area (TPSA) is 78.3 Å². The molecule has 38 heavy (non-hydrogen) atoms. The second-order valence-electron chi connectivity index (χ2n) is 7.98. The van der Waals surface area contributed by atoms with Crippen molar-refractivity contribution in [2.45, 2.75) is 23.6 Å². The van der Waals surface area contributed by atoms with Crippen LogP contribution >= 0.6 is 27.7 Å². The summed E-state index contributed by atoms with van der Waals surface area (Å²) in [6, 6.07) is 17.3. The fourth-order valence-electron chi connectivity index (χ4n) is 3.52. The third kappa shape index (κ3) is 6.67. The number of methoxy groups -OCH3 is 2. The normalized spacial score (nSPS) is 11.3. The van der Waals surface area contributed by atoms with E-state index < -0.39 is 17.6 Å². The standard InChI is InChI=1S/C26H22BrF3N4O3S/c1-36-21-10-17(11-22(13-21)37-2)24(35)31-14-23-32-33-25(38-15-16-6-8-19(27)9-7-16)34(23)20-5-3-4-18(12-20)26(28,29)30/h3-13H,14-15H2,1-2H3,(H,31,35). The first-order chi connectivity index (χ1) is 18.2. The molecule has 1 amide bonds. The highest BCUT2D eigenvalue weighted by atomic mass is 79.9. The van der Waals surface area contributed by atoms with Crippen LogP contribution in [0.3, 0.4) is 0 Å². The Labute approximate surface area is 229 Å². The number of amides is 1. The van der Waals surface area contributed by atoms with E-state index in [2.05, 4.69) is 31.4 Å². The van der Waals surface area contributed by atoms with Gasteiger partial charge >= 0.3 is 6.18 Å². The lowest BCUT2D eigenvalue weighted by molar-refractivity contribution is -0.137. The molecule has 0 aliphatic heterocycles. The second-order valence-corrected chi connectivity index (χ2v) is 9.84. The Bertz CT molecular complexity index is 1410. The minimum Gasteiger partial charge on any atom is -0.497 e. The number of rotatable bonds is 9. The molecule has 12 heteroatoms. The number of benzene rings is 3. The molecule has 4 aromatic rings. The highest BCUT2D eigenvalue weighted by Gasteiger charge is 2.31. The first kappa shape index (κ1) is 27.5. The third-order valence-electron chi connectivity index (χ3n) is 5.43. The zero-order valence-corrected chi connectivity index (χ0v) is 22.7. The Kier molecular flexibility index (Phi) is 8.62. The molecule has 0 fully saturated rings. The predicted octanol–water partition coefficient (Wildman–Crippen LogP) is 6.29. The van der Waals surface area contributed by atoms with Gasteiger partial charge in [-0.1, -0.05) is 45.9 Å². The van der Waals surface area contributed by atoms with Crippen molar-refractivity contribution in [2.75, 3.05) is 14.2 Å². The molecule has 0 aliphatic rings. The molecular weight excluding hydrogens is 585 g/mol. The minimum atomic E-state index is -4.52. The minimum absolute atomic E-state index is 0.0829. The van der Waals surface area contributed by atoms with Gasteiger partial charge in [0.25, 0.3) is 5.91 Å². The summed E-state index contributed by atoms with van der Waals surface area (Å²) >= 11 is 4.72. The summed E-state index contributed by atoms with van der Waals surface area (Å²) in [5.74, 6) is 1.22. The largest absolute Gasteiger partial charge is 0.497 e. The maximum Gasteiger partial charge on any atom is 0.416 e. The molecule has 0 unspecified atom stereocenters. The molecule has 0 radical (unpaired) electrons. The van der Waals surface area contributed by atoms with Crippen molar-refractivity contribution < 1.29 is 27.4 Å². The van der Waals surface area contributed by atoms with Gasteiger partial charge in [-0.2, -0.15) is 13.2 Å². The van der Waals surface area contributed by atoms with Gasteiger partial charge < -0.3 is 14.8 Å². The molecule has 3 aromatic carbocycles. The molecule has 1 N–H and O–H groups in total. The number of aromatic nitrogens is 3. The van der Waals surface area contributed by atoms with Crippen LogP contribution in [0.4, 0.5) is 13.2 Å². The van der Waals surface area contributed by atoms with Crippen molar-refractivity contribution in [1.82, 2.24) is 20.1 Å². The first-order valence-electron chi connectivity index (χ1n) is 11.2. The molecule has 0 aliphatic carbocycles. The average molecular weight is 607 g/mol. The summed E-state index contributed by atoms with van der Waals surface area (Å²) < 4.78 is 53.2. The summed E-state index contributed by atoms with van der Waals surface area (Å²) in [4.78, 5) is 12.9. The van der Waals surface area contributed by atoms with E-state index in [0.717, 1.165) is 22.2 Å². The smallest absolute Gasteiger partial charge is 0.416 e. The van der Waals surface area contributed by atoms with Crippen molar-refractivity contribution in [1.29, 1.82) is 0 Å². The van der Waals surface area contributed by atoms with Crippen LogP contribution < -0.4 is 14.8 Å². The number of alkyl halides is 3. The highest BCUT2D eigenvalue weighted by molar-refractivity contribution is 9.10. The van der Waals surface area contributed by atoms with Gasteiger partial charge in [0.15, 0.2) is 11.0 Å². The quantitative estimate of drug-likeness (QED) is 0.226. The van der Waals surface area contributed by atoms with Crippen molar-refractivity contribution in [2.24, 2.45) is 0 Å². The maximum absolute atomic E-state index is 13.5. The first-order valence-corrected chi connectivity index (χ1v) is 13.0. The van der Waals surface area contributed by atoms with Crippen LogP contribution in [0, 0.1) is 0 Å². The van der Waals surface area contributed by atoms with E-state index in [1.54, 1.807) is 24.3 Å². The van der Waals surface area contributed by atoms with Gasteiger partial charge in [0.2, 0.25) is 0 Å². The van der Waals surface area contributed by atoms with Crippen LogP contribution in [0.15, 0.2) is 76.4 Å². The van der Waals surface area contributed by atoms with Crippen LogP contribution in [0.1, 0.15) is 27.3 Å². The Balaban J connectivity index is 1.63.